The number of imidazole rings is 1. The highest BCUT2D eigenvalue weighted by Crippen LogP contribution is 2.30. The lowest BCUT2D eigenvalue weighted by atomic mass is 10.0. The first-order valence-electron chi connectivity index (χ1n) is 12.0. The molecule has 1 amide bonds. The number of carbonyl (C=O) groups is 1. The van der Waals surface area contributed by atoms with Crippen LogP contribution in [0, 0.1) is 11.8 Å². The van der Waals surface area contributed by atoms with Crippen LogP contribution in [0.4, 0.5) is 4.79 Å². The third-order valence-electron chi connectivity index (χ3n) is 6.33. The minimum Gasteiger partial charge on any atom is -0.449 e. The van der Waals surface area contributed by atoms with Crippen LogP contribution >= 0.6 is 0 Å². The number of hydrogen-bond acceptors (Lipinski definition) is 4. The number of nitrogens with zero attached hydrogens (tertiary/aromatic N) is 4. The maximum absolute atomic E-state index is 12.4. The molecule has 6 heteroatoms. The Balaban J connectivity index is 1.39. The fraction of sp³-hybridized carbons (Fsp3) is 0.321. The lowest BCUT2D eigenvalue weighted by Gasteiger charge is -2.18. The van der Waals surface area contributed by atoms with Crippen molar-refractivity contribution in [1.82, 2.24) is 19.4 Å². The van der Waals surface area contributed by atoms with Gasteiger partial charge in [-0.2, -0.15) is 0 Å². The molecule has 6 nitrogen and oxygen atoms in total. The average Bonchev–Trinajstić information content (AvgIpc) is 3.49. The summed E-state index contributed by atoms with van der Waals surface area (Å²) in [5, 5.41) is 0. The van der Waals surface area contributed by atoms with Crippen LogP contribution < -0.4 is 0 Å². The van der Waals surface area contributed by atoms with Gasteiger partial charge in [-0.1, -0.05) is 68.4 Å². The van der Waals surface area contributed by atoms with E-state index in [1.165, 1.54) is 11.1 Å². The van der Waals surface area contributed by atoms with Crippen LogP contribution in [0.1, 0.15) is 20.3 Å². The molecule has 0 radical (unpaired) electrons. The maximum atomic E-state index is 12.4. The van der Waals surface area contributed by atoms with Crippen LogP contribution in [0.3, 0.4) is 0 Å². The van der Waals surface area contributed by atoms with Gasteiger partial charge in [-0.3, -0.25) is 4.98 Å². The molecule has 0 spiro atoms. The van der Waals surface area contributed by atoms with Gasteiger partial charge in [0.1, 0.15) is 11.3 Å². The second-order valence-electron chi connectivity index (χ2n) is 9.43. The van der Waals surface area contributed by atoms with Gasteiger partial charge in [0.15, 0.2) is 0 Å². The number of likely N-dealkylation sites (tertiary alicyclic amines) is 1. The highest BCUT2D eigenvalue weighted by atomic mass is 16.6. The predicted octanol–water partition coefficient (Wildman–Crippen LogP) is 5.88. The van der Waals surface area contributed by atoms with Crippen LogP contribution in [-0.2, 0) is 11.3 Å². The second-order valence-corrected chi connectivity index (χ2v) is 9.43. The van der Waals surface area contributed by atoms with Crippen molar-refractivity contribution in [3.8, 4) is 22.5 Å². The number of hydrogen-bond donors (Lipinski definition) is 0. The summed E-state index contributed by atoms with van der Waals surface area (Å²) in [5.41, 5.74) is 5.40. The van der Waals surface area contributed by atoms with E-state index in [9.17, 15) is 4.79 Å². The fourth-order valence-corrected chi connectivity index (χ4v) is 4.56. The van der Waals surface area contributed by atoms with E-state index in [2.05, 4.69) is 58.1 Å². The Morgan fingerprint density at radius 3 is 2.53 bits per heavy atom. The molecule has 1 unspecified atom stereocenters. The van der Waals surface area contributed by atoms with E-state index in [1.807, 2.05) is 43.3 Å². The number of fused-ring (bicyclic) bond motifs is 1. The molecule has 0 saturated carbocycles. The molecule has 0 aliphatic carbocycles. The van der Waals surface area contributed by atoms with E-state index in [4.69, 9.17) is 9.72 Å². The standard InChI is InChI=1S/C28H30N4O2/c1-20(2)19-34-28(33)31-15-13-21(17-31)18-32-26-12-14-29-16-25(26)30-27(32)24-10-8-23(9-11-24)22-6-4-3-5-7-22/h3-12,14,16,20-21H,13,15,17-19H2,1-2H3. The van der Waals surface area contributed by atoms with E-state index in [1.54, 1.807) is 0 Å². The van der Waals surface area contributed by atoms with Crippen LogP contribution in [0.25, 0.3) is 33.5 Å². The molecule has 1 fully saturated rings. The third-order valence-corrected chi connectivity index (χ3v) is 6.33. The number of rotatable bonds is 6. The van der Waals surface area contributed by atoms with Gasteiger partial charge in [-0.25, -0.2) is 9.78 Å². The zero-order valence-corrected chi connectivity index (χ0v) is 19.7. The van der Waals surface area contributed by atoms with Gasteiger partial charge >= 0.3 is 6.09 Å². The molecule has 0 bridgehead atoms. The number of aromatic nitrogens is 3. The van der Waals surface area contributed by atoms with Gasteiger partial charge in [0.05, 0.1) is 18.3 Å². The summed E-state index contributed by atoms with van der Waals surface area (Å²) in [4.78, 5) is 23.5. The largest absolute Gasteiger partial charge is 0.449 e. The van der Waals surface area contributed by atoms with Crippen molar-refractivity contribution < 1.29 is 9.53 Å². The Morgan fingerprint density at radius 2 is 1.76 bits per heavy atom. The molecule has 34 heavy (non-hydrogen) atoms. The Morgan fingerprint density at radius 1 is 1.03 bits per heavy atom. The van der Waals surface area contributed by atoms with Crippen molar-refractivity contribution in [2.75, 3.05) is 19.7 Å². The van der Waals surface area contributed by atoms with E-state index in [-0.39, 0.29) is 6.09 Å². The van der Waals surface area contributed by atoms with Crippen molar-refractivity contribution in [2.45, 2.75) is 26.8 Å². The molecule has 2 aromatic heterocycles. The van der Waals surface area contributed by atoms with Crippen molar-refractivity contribution in [2.24, 2.45) is 11.8 Å². The monoisotopic (exact) mass is 454 g/mol. The number of pyridine rings is 1. The van der Waals surface area contributed by atoms with Crippen molar-refractivity contribution in [3.05, 3.63) is 73.1 Å². The van der Waals surface area contributed by atoms with Crippen LogP contribution in [0.15, 0.2) is 73.1 Å². The molecule has 2 aromatic carbocycles. The topological polar surface area (TPSA) is 60.2 Å². The van der Waals surface area contributed by atoms with Gasteiger partial charge in [0, 0.05) is 31.4 Å². The van der Waals surface area contributed by atoms with E-state index in [0.717, 1.165) is 41.9 Å². The van der Waals surface area contributed by atoms with Gasteiger partial charge in [0.25, 0.3) is 0 Å². The lowest BCUT2D eigenvalue weighted by Crippen LogP contribution is -2.30. The molecular weight excluding hydrogens is 424 g/mol. The number of benzene rings is 2. The smallest absolute Gasteiger partial charge is 0.409 e. The first-order chi connectivity index (χ1) is 16.6. The number of amides is 1. The SMILES string of the molecule is CC(C)COC(=O)N1CCC(Cn2c(-c3ccc(-c4ccccc4)cc3)nc3cnccc32)C1. The van der Waals surface area contributed by atoms with Gasteiger partial charge in [-0.05, 0) is 35.4 Å². The molecule has 174 valence electrons. The van der Waals surface area contributed by atoms with Crippen LogP contribution in [0.2, 0.25) is 0 Å². The molecule has 1 saturated heterocycles. The van der Waals surface area contributed by atoms with Crippen LogP contribution in [0.5, 0.6) is 0 Å². The Kier molecular flexibility index (Phi) is 6.30. The third kappa shape index (κ3) is 4.67. The molecule has 1 aliphatic rings. The van der Waals surface area contributed by atoms with Gasteiger partial charge < -0.3 is 14.2 Å². The van der Waals surface area contributed by atoms with Crippen molar-refractivity contribution in [3.63, 3.8) is 0 Å². The minimum atomic E-state index is -0.201. The quantitative estimate of drug-likeness (QED) is 0.365. The average molecular weight is 455 g/mol. The predicted molar refractivity (Wildman–Crippen MR) is 134 cm³/mol. The summed E-state index contributed by atoms with van der Waals surface area (Å²) in [6.07, 6.45) is 4.38. The fourth-order valence-electron chi connectivity index (χ4n) is 4.56. The molecule has 1 aliphatic heterocycles. The maximum Gasteiger partial charge on any atom is 0.409 e. The molecular formula is C28H30N4O2. The summed E-state index contributed by atoms with van der Waals surface area (Å²) in [6.45, 7) is 6.79. The molecule has 4 aromatic rings. The minimum absolute atomic E-state index is 0.201. The first kappa shape index (κ1) is 22.1. The Labute approximate surface area is 200 Å². The summed E-state index contributed by atoms with van der Waals surface area (Å²) in [5.74, 6) is 1.62. The van der Waals surface area contributed by atoms with E-state index >= 15 is 0 Å². The van der Waals surface area contributed by atoms with Crippen molar-refractivity contribution in [1.29, 1.82) is 0 Å². The number of ether oxygens (including phenoxy) is 1. The zero-order valence-electron chi connectivity index (χ0n) is 19.7. The summed E-state index contributed by atoms with van der Waals surface area (Å²) in [7, 11) is 0. The molecule has 3 heterocycles. The van der Waals surface area contributed by atoms with E-state index in [0.29, 0.717) is 25.0 Å². The Hall–Kier alpha value is -3.67. The first-order valence-corrected chi connectivity index (χ1v) is 12.0. The van der Waals surface area contributed by atoms with Gasteiger partial charge in [0.2, 0.25) is 0 Å². The Bertz CT molecular complexity index is 1260. The highest BCUT2D eigenvalue weighted by Gasteiger charge is 2.29. The highest BCUT2D eigenvalue weighted by molar-refractivity contribution is 5.80. The molecule has 5 rings (SSSR count). The van der Waals surface area contributed by atoms with E-state index < -0.39 is 0 Å². The normalized spacial score (nSPS) is 15.9. The molecule has 0 N–H and O–H groups in total. The number of carbonyl (C=O) groups excluding carboxylic acids is 1. The van der Waals surface area contributed by atoms with Gasteiger partial charge in [-0.15, -0.1) is 0 Å². The summed E-state index contributed by atoms with van der Waals surface area (Å²) >= 11 is 0. The van der Waals surface area contributed by atoms with Crippen molar-refractivity contribution >= 4 is 17.1 Å². The molecule has 1 atom stereocenters. The summed E-state index contributed by atoms with van der Waals surface area (Å²) in [6, 6.07) is 21.0. The second kappa shape index (κ2) is 9.67. The lowest BCUT2D eigenvalue weighted by molar-refractivity contribution is 0.0981. The van der Waals surface area contributed by atoms with Crippen LogP contribution in [-0.4, -0.2) is 45.2 Å². The zero-order chi connectivity index (χ0) is 23.5. The summed E-state index contributed by atoms with van der Waals surface area (Å²) < 4.78 is 7.72.